The van der Waals surface area contributed by atoms with Gasteiger partial charge in [-0.25, -0.2) is 0 Å². The highest BCUT2D eigenvalue weighted by Gasteiger charge is 2.35. The van der Waals surface area contributed by atoms with E-state index in [1.165, 1.54) is 0 Å². The van der Waals surface area contributed by atoms with Crippen molar-refractivity contribution < 1.29 is 9.59 Å². The van der Waals surface area contributed by atoms with Crippen LogP contribution in [-0.4, -0.2) is 11.6 Å². The van der Waals surface area contributed by atoms with E-state index in [2.05, 4.69) is 0 Å². The SMILES string of the molecule is CC(=O)CCC1(C)CCC=C(C)C1=O. The van der Waals surface area contributed by atoms with Gasteiger partial charge in [-0.05, 0) is 38.7 Å². The predicted octanol–water partition coefficient (Wildman–Crippen LogP) is 2.67. The Hall–Kier alpha value is -0.920. The molecule has 0 radical (unpaired) electrons. The van der Waals surface area contributed by atoms with Crippen LogP contribution in [0.5, 0.6) is 0 Å². The molecule has 1 unspecified atom stereocenters. The Morgan fingerprint density at radius 1 is 1.57 bits per heavy atom. The first-order valence-corrected chi connectivity index (χ1v) is 5.17. The number of rotatable bonds is 3. The molecule has 78 valence electrons. The molecule has 2 nitrogen and oxygen atoms in total. The molecule has 0 aromatic heterocycles. The van der Waals surface area contributed by atoms with E-state index in [0.717, 1.165) is 18.4 Å². The van der Waals surface area contributed by atoms with Crippen LogP contribution in [0.3, 0.4) is 0 Å². The van der Waals surface area contributed by atoms with Crippen molar-refractivity contribution in [2.24, 2.45) is 5.41 Å². The van der Waals surface area contributed by atoms with Crippen LogP contribution >= 0.6 is 0 Å². The minimum absolute atomic E-state index is 0.172. The summed E-state index contributed by atoms with van der Waals surface area (Å²) in [4.78, 5) is 22.8. The highest BCUT2D eigenvalue weighted by molar-refractivity contribution is 6.00. The molecule has 0 aromatic rings. The van der Waals surface area contributed by atoms with Crippen molar-refractivity contribution in [1.29, 1.82) is 0 Å². The first-order chi connectivity index (χ1) is 6.46. The van der Waals surface area contributed by atoms with Gasteiger partial charge < -0.3 is 4.79 Å². The van der Waals surface area contributed by atoms with Gasteiger partial charge in [-0.3, -0.25) is 4.79 Å². The molecule has 0 heterocycles. The quantitative estimate of drug-likeness (QED) is 0.692. The van der Waals surface area contributed by atoms with E-state index in [1.54, 1.807) is 6.92 Å². The fourth-order valence-electron chi connectivity index (χ4n) is 1.98. The third kappa shape index (κ3) is 2.31. The normalized spacial score (nSPS) is 27.4. The lowest BCUT2D eigenvalue weighted by Gasteiger charge is -2.31. The molecule has 1 aliphatic carbocycles. The number of carbonyl (C=O) groups is 2. The molecule has 14 heavy (non-hydrogen) atoms. The van der Waals surface area contributed by atoms with Crippen LogP contribution in [0.1, 0.15) is 46.5 Å². The molecule has 0 amide bonds. The second kappa shape index (κ2) is 4.07. The highest BCUT2D eigenvalue weighted by Crippen LogP contribution is 2.36. The molecule has 0 spiro atoms. The molecule has 0 saturated carbocycles. The van der Waals surface area contributed by atoms with Gasteiger partial charge in [0.15, 0.2) is 5.78 Å². The summed E-state index contributed by atoms with van der Waals surface area (Å²) in [5.41, 5.74) is 0.576. The molecule has 1 aliphatic rings. The maximum atomic E-state index is 11.9. The van der Waals surface area contributed by atoms with Gasteiger partial charge in [0, 0.05) is 11.8 Å². The van der Waals surface area contributed by atoms with E-state index >= 15 is 0 Å². The highest BCUT2D eigenvalue weighted by atomic mass is 16.1. The number of Topliss-reactive ketones (excluding diaryl/α,β-unsaturated/α-hetero) is 2. The van der Waals surface area contributed by atoms with Crippen LogP contribution in [-0.2, 0) is 9.59 Å². The van der Waals surface area contributed by atoms with Gasteiger partial charge in [0.25, 0.3) is 0 Å². The Morgan fingerprint density at radius 2 is 2.21 bits per heavy atom. The molecule has 0 N–H and O–H groups in total. The lowest BCUT2D eigenvalue weighted by atomic mass is 9.71. The summed E-state index contributed by atoms with van der Waals surface area (Å²) in [6.07, 6.45) is 5.07. The number of allylic oxidation sites excluding steroid dienone is 2. The number of hydrogen-bond donors (Lipinski definition) is 0. The second-order valence-electron chi connectivity index (χ2n) is 4.52. The Balaban J connectivity index is 2.69. The molecule has 0 aromatic carbocycles. The fraction of sp³-hybridized carbons (Fsp3) is 0.667. The molecule has 0 aliphatic heterocycles. The third-order valence-corrected chi connectivity index (χ3v) is 3.08. The minimum Gasteiger partial charge on any atom is -0.300 e. The Morgan fingerprint density at radius 3 is 2.79 bits per heavy atom. The zero-order chi connectivity index (χ0) is 10.8. The van der Waals surface area contributed by atoms with Gasteiger partial charge in [0.2, 0.25) is 0 Å². The molecule has 2 heteroatoms. The molecule has 1 rings (SSSR count). The summed E-state index contributed by atoms with van der Waals surface area (Å²) in [5, 5.41) is 0. The van der Waals surface area contributed by atoms with Crippen molar-refractivity contribution in [2.45, 2.75) is 46.5 Å². The van der Waals surface area contributed by atoms with Gasteiger partial charge in [-0.2, -0.15) is 0 Å². The van der Waals surface area contributed by atoms with Gasteiger partial charge in [0.1, 0.15) is 5.78 Å². The molecule has 0 fully saturated rings. The summed E-state index contributed by atoms with van der Waals surface area (Å²) < 4.78 is 0. The van der Waals surface area contributed by atoms with Crippen LogP contribution in [0, 0.1) is 5.41 Å². The van der Waals surface area contributed by atoms with Gasteiger partial charge in [-0.1, -0.05) is 13.0 Å². The van der Waals surface area contributed by atoms with E-state index < -0.39 is 0 Å². The molecule has 1 atom stereocenters. The van der Waals surface area contributed by atoms with Crippen molar-refractivity contribution in [3.05, 3.63) is 11.6 Å². The zero-order valence-corrected chi connectivity index (χ0v) is 9.22. The first kappa shape index (κ1) is 11.2. The van der Waals surface area contributed by atoms with Crippen LogP contribution in [0.15, 0.2) is 11.6 Å². The van der Waals surface area contributed by atoms with E-state index in [9.17, 15) is 9.59 Å². The summed E-state index contributed by atoms with van der Waals surface area (Å²) in [6.45, 7) is 5.43. The maximum absolute atomic E-state index is 11.9. The van der Waals surface area contributed by atoms with Crippen molar-refractivity contribution in [3.8, 4) is 0 Å². The van der Waals surface area contributed by atoms with Crippen molar-refractivity contribution >= 4 is 11.6 Å². The fourth-order valence-corrected chi connectivity index (χ4v) is 1.98. The lowest BCUT2D eigenvalue weighted by Crippen LogP contribution is -2.31. The Bertz CT molecular complexity index is 289. The average molecular weight is 194 g/mol. The first-order valence-electron chi connectivity index (χ1n) is 5.17. The van der Waals surface area contributed by atoms with Crippen LogP contribution in [0.4, 0.5) is 0 Å². The van der Waals surface area contributed by atoms with Gasteiger partial charge in [0.05, 0.1) is 0 Å². The number of hydrogen-bond acceptors (Lipinski definition) is 2. The van der Waals surface area contributed by atoms with Crippen molar-refractivity contribution in [3.63, 3.8) is 0 Å². The summed E-state index contributed by atoms with van der Waals surface area (Å²) in [7, 11) is 0. The summed E-state index contributed by atoms with van der Waals surface area (Å²) >= 11 is 0. The van der Waals surface area contributed by atoms with E-state index in [-0.39, 0.29) is 17.0 Å². The standard InChI is InChI=1S/C12H18O2/c1-9-5-4-7-12(3,11(9)14)8-6-10(2)13/h5H,4,6-8H2,1-3H3. The summed E-state index contributed by atoms with van der Waals surface area (Å²) in [6, 6.07) is 0. The van der Waals surface area contributed by atoms with E-state index in [1.807, 2.05) is 19.9 Å². The molecule has 0 bridgehead atoms. The van der Waals surface area contributed by atoms with Gasteiger partial charge in [-0.15, -0.1) is 0 Å². The second-order valence-corrected chi connectivity index (χ2v) is 4.52. The zero-order valence-electron chi connectivity index (χ0n) is 9.22. The average Bonchev–Trinajstić information content (AvgIpc) is 2.11. The summed E-state index contributed by atoms with van der Waals surface area (Å²) in [5.74, 6) is 0.399. The molecular weight excluding hydrogens is 176 g/mol. The lowest BCUT2D eigenvalue weighted by molar-refractivity contribution is -0.126. The van der Waals surface area contributed by atoms with Crippen LogP contribution in [0.2, 0.25) is 0 Å². The Labute approximate surface area is 85.4 Å². The van der Waals surface area contributed by atoms with Crippen molar-refractivity contribution in [1.82, 2.24) is 0 Å². The topological polar surface area (TPSA) is 34.1 Å². The molecule has 0 saturated heterocycles. The minimum atomic E-state index is -0.287. The predicted molar refractivity (Wildman–Crippen MR) is 56.0 cm³/mol. The number of carbonyl (C=O) groups excluding carboxylic acids is 2. The van der Waals surface area contributed by atoms with Gasteiger partial charge >= 0.3 is 0 Å². The largest absolute Gasteiger partial charge is 0.300 e. The van der Waals surface area contributed by atoms with E-state index in [0.29, 0.717) is 12.8 Å². The van der Waals surface area contributed by atoms with Crippen LogP contribution in [0.25, 0.3) is 0 Å². The maximum Gasteiger partial charge on any atom is 0.164 e. The van der Waals surface area contributed by atoms with Crippen LogP contribution < -0.4 is 0 Å². The monoisotopic (exact) mass is 194 g/mol. The number of ketones is 2. The third-order valence-electron chi connectivity index (χ3n) is 3.08. The van der Waals surface area contributed by atoms with Crippen molar-refractivity contribution in [2.75, 3.05) is 0 Å². The Kier molecular flexibility index (Phi) is 3.25. The molecular formula is C12H18O2. The smallest absolute Gasteiger partial charge is 0.164 e. The van der Waals surface area contributed by atoms with E-state index in [4.69, 9.17) is 0 Å².